The van der Waals surface area contributed by atoms with Gasteiger partial charge in [-0.25, -0.2) is 0 Å². The number of carbonyl (C=O) groups excluding carboxylic acids is 1. The number of hydrogen-bond acceptors (Lipinski definition) is 6. The summed E-state index contributed by atoms with van der Waals surface area (Å²) in [5, 5.41) is 11.5. The fourth-order valence-corrected chi connectivity index (χ4v) is 3.14. The Morgan fingerprint density at radius 2 is 1.83 bits per heavy atom. The van der Waals surface area contributed by atoms with Gasteiger partial charge in [-0.1, -0.05) is 18.2 Å². The van der Waals surface area contributed by atoms with Gasteiger partial charge in [-0.2, -0.15) is 0 Å². The second-order valence-electron chi connectivity index (χ2n) is 6.64. The molecule has 1 aromatic heterocycles. The number of anilines is 2. The van der Waals surface area contributed by atoms with E-state index in [1.54, 1.807) is 25.3 Å². The predicted molar refractivity (Wildman–Crippen MR) is 111 cm³/mol. The molecule has 148 valence electrons. The Bertz CT molecular complexity index is 968. The van der Waals surface area contributed by atoms with E-state index in [1.165, 1.54) is 0 Å². The van der Waals surface area contributed by atoms with Crippen molar-refractivity contribution in [2.75, 3.05) is 43.6 Å². The molecule has 0 radical (unpaired) electrons. The molecule has 0 unspecified atom stereocenters. The largest absolute Gasteiger partial charge is 0.497 e. The third-order valence-corrected chi connectivity index (χ3v) is 4.76. The highest BCUT2D eigenvalue weighted by atomic mass is 16.5. The number of methoxy groups -OCH3 is 1. The van der Waals surface area contributed by atoms with Crippen LogP contribution in [0, 0.1) is 0 Å². The van der Waals surface area contributed by atoms with E-state index >= 15 is 0 Å². The van der Waals surface area contributed by atoms with Crippen molar-refractivity contribution in [3.8, 4) is 17.0 Å². The third kappa shape index (κ3) is 4.52. The predicted octanol–water partition coefficient (Wildman–Crippen LogP) is 3.24. The molecule has 1 aliphatic heterocycles. The lowest BCUT2D eigenvalue weighted by molar-refractivity contribution is 0.102. The van der Waals surface area contributed by atoms with Gasteiger partial charge in [-0.15, -0.1) is 10.2 Å². The quantitative estimate of drug-likeness (QED) is 0.721. The summed E-state index contributed by atoms with van der Waals surface area (Å²) >= 11 is 0. The Balaban J connectivity index is 1.43. The van der Waals surface area contributed by atoms with Crippen LogP contribution in [0.15, 0.2) is 60.7 Å². The van der Waals surface area contributed by atoms with Crippen molar-refractivity contribution in [2.45, 2.75) is 0 Å². The van der Waals surface area contributed by atoms with Crippen LogP contribution in [-0.2, 0) is 4.74 Å². The Morgan fingerprint density at radius 1 is 1.03 bits per heavy atom. The minimum absolute atomic E-state index is 0.182. The summed E-state index contributed by atoms with van der Waals surface area (Å²) in [5.74, 6) is 1.36. The van der Waals surface area contributed by atoms with Gasteiger partial charge < -0.3 is 19.7 Å². The van der Waals surface area contributed by atoms with Gasteiger partial charge in [-0.05, 0) is 36.4 Å². The summed E-state index contributed by atoms with van der Waals surface area (Å²) in [4.78, 5) is 14.6. The molecule has 0 spiro atoms. The molecule has 3 aromatic rings. The maximum Gasteiger partial charge on any atom is 0.255 e. The van der Waals surface area contributed by atoms with Gasteiger partial charge in [0.2, 0.25) is 0 Å². The van der Waals surface area contributed by atoms with E-state index in [4.69, 9.17) is 9.47 Å². The maximum absolute atomic E-state index is 12.5. The Labute approximate surface area is 169 Å². The Kier molecular flexibility index (Phi) is 5.67. The van der Waals surface area contributed by atoms with E-state index < -0.39 is 0 Å². The smallest absolute Gasteiger partial charge is 0.255 e. The molecule has 7 heteroatoms. The number of rotatable bonds is 5. The molecule has 0 bridgehead atoms. The van der Waals surface area contributed by atoms with Crippen LogP contribution in [0.25, 0.3) is 11.3 Å². The number of benzene rings is 2. The molecule has 1 fully saturated rings. The zero-order chi connectivity index (χ0) is 20.1. The fourth-order valence-electron chi connectivity index (χ4n) is 3.14. The second-order valence-corrected chi connectivity index (χ2v) is 6.64. The molecule has 4 rings (SSSR count). The van der Waals surface area contributed by atoms with Gasteiger partial charge in [0.05, 0.1) is 26.0 Å². The molecule has 1 aliphatic rings. The van der Waals surface area contributed by atoms with Crippen LogP contribution in [0.3, 0.4) is 0 Å². The third-order valence-electron chi connectivity index (χ3n) is 4.76. The van der Waals surface area contributed by atoms with Crippen LogP contribution < -0.4 is 15.0 Å². The van der Waals surface area contributed by atoms with Crippen molar-refractivity contribution in [1.29, 1.82) is 0 Å². The van der Waals surface area contributed by atoms with E-state index in [0.29, 0.717) is 30.2 Å². The second kappa shape index (κ2) is 8.70. The first-order valence-electron chi connectivity index (χ1n) is 9.45. The molecule has 2 heterocycles. The first-order valence-corrected chi connectivity index (χ1v) is 9.45. The van der Waals surface area contributed by atoms with Crippen molar-refractivity contribution in [3.63, 3.8) is 0 Å². The normalized spacial score (nSPS) is 13.8. The number of amides is 1. The number of nitrogens with zero attached hydrogens (tertiary/aromatic N) is 3. The number of ether oxygens (including phenoxy) is 2. The molecule has 0 saturated carbocycles. The highest BCUT2D eigenvalue weighted by Gasteiger charge is 2.13. The average molecular weight is 390 g/mol. The monoisotopic (exact) mass is 390 g/mol. The zero-order valence-corrected chi connectivity index (χ0v) is 16.2. The summed E-state index contributed by atoms with van der Waals surface area (Å²) in [5.41, 5.74) is 2.92. The van der Waals surface area contributed by atoms with Gasteiger partial charge >= 0.3 is 0 Å². The molecule has 7 nitrogen and oxygen atoms in total. The minimum atomic E-state index is -0.182. The fraction of sp³-hybridized carbons (Fsp3) is 0.227. The van der Waals surface area contributed by atoms with E-state index in [0.717, 1.165) is 30.2 Å². The van der Waals surface area contributed by atoms with Crippen LogP contribution >= 0.6 is 0 Å². The molecule has 1 saturated heterocycles. The topological polar surface area (TPSA) is 76.6 Å². The summed E-state index contributed by atoms with van der Waals surface area (Å²) in [6.45, 7) is 3.07. The molecular weight excluding hydrogens is 368 g/mol. The van der Waals surface area contributed by atoms with Crippen LogP contribution in [0.4, 0.5) is 11.5 Å². The van der Waals surface area contributed by atoms with Gasteiger partial charge in [0.25, 0.3) is 5.91 Å². The summed E-state index contributed by atoms with van der Waals surface area (Å²) in [7, 11) is 1.59. The molecule has 0 atom stereocenters. The lowest BCUT2D eigenvalue weighted by Crippen LogP contribution is -2.36. The Morgan fingerprint density at radius 3 is 2.52 bits per heavy atom. The van der Waals surface area contributed by atoms with Crippen molar-refractivity contribution in [2.24, 2.45) is 0 Å². The van der Waals surface area contributed by atoms with Crippen LogP contribution in [0.2, 0.25) is 0 Å². The maximum atomic E-state index is 12.5. The summed E-state index contributed by atoms with van der Waals surface area (Å²) in [6, 6.07) is 18.5. The van der Waals surface area contributed by atoms with Gasteiger partial charge in [0.15, 0.2) is 5.82 Å². The first-order chi connectivity index (χ1) is 14.2. The number of hydrogen-bond donors (Lipinski definition) is 1. The molecule has 1 amide bonds. The van der Waals surface area contributed by atoms with E-state index in [2.05, 4.69) is 20.4 Å². The molecule has 1 N–H and O–H groups in total. The highest BCUT2D eigenvalue weighted by molar-refractivity contribution is 6.04. The van der Waals surface area contributed by atoms with E-state index in [1.807, 2.05) is 42.5 Å². The van der Waals surface area contributed by atoms with Crippen molar-refractivity contribution < 1.29 is 14.3 Å². The zero-order valence-electron chi connectivity index (χ0n) is 16.2. The molecule has 0 aliphatic carbocycles. The van der Waals surface area contributed by atoms with Crippen LogP contribution in [0.1, 0.15) is 10.4 Å². The highest BCUT2D eigenvalue weighted by Crippen LogP contribution is 2.21. The van der Waals surface area contributed by atoms with Crippen molar-refractivity contribution in [1.82, 2.24) is 10.2 Å². The van der Waals surface area contributed by atoms with E-state index in [9.17, 15) is 4.79 Å². The number of carbonyl (C=O) groups is 1. The van der Waals surface area contributed by atoms with Gasteiger partial charge in [0.1, 0.15) is 5.75 Å². The number of morpholine rings is 1. The summed E-state index contributed by atoms with van der Waals surface area (Å²) < 4.78 is 10.5. The minimum Gasteiger partial charge on any atom is -0.497 e. The van der Waals surface area contributed by atoms with E-state index in [-0.39, 0.29) is 5.91 Å². The first kappa shape index (κ1) is 18.9. The molecular formula is C22H22N4O3. The molecule has 2 aromatic carbocycles. The average Bonchev–Trinajstić information content (AvgIpc) is 2.80. The van der Waals surface area contributed by atoms with Crippen molar-refractivity contribution in [3.05, 3.63) is 66.2 Å². The van der Waals surface area contributed by atoms with Crippen LogP contribution in [-0.4, -0.2) is 49.5 Å². The van der Waals surface area contributed by atoms with Gasteiger partial charge in [-0.3, -0.25) is 4.79 Å². The number of aromatic nitrogens is 2. The van der Waals surface area contributed by atoms with Gasteiger partial charge in [0, 0.05) is 36.0 Å². The van der Waals surface area contributed by atoms with Crippen LogP contribution in [0.5, 0.6) is 5.75 Å². The SMILES string of the molecule is COc1cccc(NC(=O)c2ccc(-c3ccc(N4CCOCC4)nn3)cc2)c1. The lowest BCUT2D eigenvalue weighted by Gasteiger charge is -2.27. The molecule has 29 heavy (non-hydrogen) atoms. The lowest BCUT2D eigenvalue weighted by atomic mass is 10.1. The number of nitrogens with one attached hydrogen (secondary N) is 1. The Hall–Kier alpha value is -3.45. The van der Waals surface area contributed by atoms with Crippen molar-refractivity contribution >= 4 is 17.4 Å². The standard InChI is InChI=1S/C22H22N4O3/c1-28-19-4-2-3-18(15-19)23-22(27)17-7-5-16(6-8-17)20-9-10-21(25-24-20)26-11-13-29-14-12-26/h2-10,15H,11-14H2,1H3,(H,23,27). The summed E-state index contributed by atoms with van der Waals surface area (Å²) in [6.07, 6.45) is 0.